The third-order valence-corrected chi connectivity index (χ3v) is 8.78. The van der Waals surface area contributed by atoms with Gasteiger partial charge in [-0.2, -0.15) is 0 Å². The zero-order chi connectivity index (χ0) is 31.7. The third-order valence-electron chi connectivity index (χ3n) is 8.78. The van der Waals surface area contributed by atoms with Gasteiger partial charge < -0.3 is 10.2 Å². The highest BCUT2D eigenvalue weighted by Crippen LogP contribution is 2.45. The van der Waals surface area contributed by atoms with Crippen molar-refractivity contribution < 1.29 is 29.4 Å². The second-order valence-corrected chi connectivity index (χ2v) is 11.4. The van der Waals surface area contributed by atoms with Crippen molar-refractivity contribution in [3.05, 3.63) is 155 Å². The highest BCUT2D eigenvalue weighted by molar-refractivity contribution is 6.39. The summed E-state index contributed by atoms with van der Waals surface area (Å²) in [5.41, 5.74) is 3.94. The molecule has 0 aromatic heterocycles. The highest BCUT2D eigenvalue weighted by Gasteiger charge is 2.28. The molecule has 0 amide bonds. The van der Waals surface area contributed by atoms with Gasteiger partial charge in [0.1, 0.15) is 11.5 Å². The lowest BCUT2D eigenvalue weighted by atomic mass is 9.84. The van der Waals surface area contributed by atoms with Crippen LogP contribution in [-0.2, 0) is 0 Å². The number of carbonyl (C=O) groups is 4. The standard InChI is InChI=1S/C40H22O6/c41-33-15-11-21-17-23(31-19-35(43)27-5-1-3-7-29(27)39(31)45)9-13-25(21)37(33)38-26-14-10-24(18-22(26)12-16-34(38)42)32-20-36(44)28-6-2-4-8-30(28)40(32)46/h1-20,41-42H. The van der Waals surface area contributed by atoms with Crippen molar-refractivity contribution in [2.75, 3.05) is 0 Å². The lowest BCUT2D eigenvalue weighted by Gasteiger charge is -2.18. The number of rotatable bonds is 3. The summed E-state index contributed by atoms with van der Waals surface area (Å²) in [6.07, 6.45) is 2.72. The number of allylic oxidation sites excluding steroid dienone is 4. The maximum atomic E-state index is 13.3. The first-order valence-electron chi connectivity index (χ1n) is 14.6. The smallest absolute Gasteiger partial charge is 0.194 e. The molecule has 6 aromatic carbocycles. The van der Waals surface area contributed by atoms with Crippen molar-refractivity contribution in [2.24, 2.45) is 0 Å². The van der Waals surface area contributed by atoms with Gasteiger partial charge in [-0.1, -0.05) is 84.9 Å². The fourth-order valence-corrected chi connectivity index (χ4v) is 6.56. The number of Topliss-reactive ketones (excluding diaryl/α,β-unsaturated/α-hetero) is 2. The topological polar surface area (TPSA) is 109 Å². The molecular formula is C40H22O6. The van der Waals surface area contributed by atoms with E-state index in [1.54, 1.807) is 97.1 Å². The van der Waals surface area contributed by atoms with E-state index in [4.69, 9.17) is 0 Å². The molecule has 0 saturated carbocycles. The number of ketones is 4. The van der Waals surface area contributed by atoms with E-state index in [-0.39, 0.29) is 45.8 Å². The average molecular weight is 599 g/mol. The van der Waals surface area contributed by atoms with Gasteiger partial charge in [0.05, 0.1) is 0 Å². The summed E-state index contributed by atoms with van der Waals surface area (Å²) in [6, 6.07) is 30.5. The van der Waals surface area contributed by atoms with Gasteiger partial charge in [-0.05, 0) is 69.1 Å². The molecule has 2 aliphatic carbocycles. The quantitative estimate of drug-likeness (QED) is 0.214. The van der Waals surface area contributed by atoms with Crippen LogP contribution in [0.4, 0.5) is 0 Å². The number of phenolic OH excluding ortho intramolecular Hbond substituents is 2. The van der Waals surface area contributed by atoms with Crippen molar-refractivity contribution >= 4 is 55.8 Å². The molecular weight excluding hydrogens is 576 g/mol. The normalized spacial score (nSPS) is 14.3. The van der Waals surface area contributed by atoms with Gasteiger partial charge in [-0.15, -0.1) is 0 Å². The van der Waals surface area contributed by atoms with E-state index in [2.05, 4.69) is 0 Å². The van der Waals surface area contributed by atoms with Gasteiger partial charge in [0.15, 0.2) is 23.1 Å². The zero-order valence-corrected chi connectivity index (χ0v) is 24.1. The molecule has 0 fully saturated rings. The molecule has 46 heavy (non-hydrogen) atoms. The Morgan fingerprint density at radius 1 is 0.413 bits per heavy atom. The first-order chi connectivity index (χ1) is 22.3. The summed E-state index contributed by atoms with van der Waals surface area (Å²) in [7, 11) is 0. The molecule has 0 aliphatic heterocycles. The minimum absolute atomic E-state index is 0.0587. The molecule has 6 aromatic rings. The second kappa shape index (κ2) is 10.1. The maximum Gasteiger partial charge on any atom is 0.194 e. The van der Waals surface area contributed by atoms with Crippen LogP contribution in [0.5, 0.6) is 11.5 Å². The Labute approximate surface area is 262 Å². The van der Waals surface area contributed by atoms with Crippen LogP contribution in [0.3, 0.4) is 0 Å². The number of phenols is 2. The Balaban J connectivity index is 1.24. The van der Waals surface area contributed by atoms with Gasteiger partial charge in [0.25, 0.3) is 0 Å². The van der Waals surface area contributed by atoms with E-state index in [1.165, 1.54) is 24.3 Å². The fourth-order valence-electron chi connectivity index (χ4n) is 6.56. The molecule has 0 bridgehead atoms. The fraction of sp³-hybridized carbons (Fsp3) is 0. The molecule has 0 atom stereocenters. The van der Waals surface area contributed by atoms with E-state index in [1.807, 2.05) is 0 Å². The molecule has 2 N–H and O–H groups in total. The van der Waals surface area contributed by atoms with Crippen LogP contribution in [0.25, 0.3) is 43.8 Å². The van der Waals surface area contributed by atoms with Crippen LogP contribution >= 0.6 is 0 Å². The lowest BCUT2D eigenvalue weighted by Crippen LogP contribution is -2.16. The minimum atomic E-state index is -0.243. The summed E-state index contributed by atoms with van der Waals surface area (Å²) in [5, 5.41) is 24.9. The number of fused-ring (bicyclic) bond motifs is 4. The van der Waals surface area contributed by atoms with Crippen molar-refractivity contribution in [3.63, 3.8) is 0 Å². The van der Waals surface area contributed by atoms with Crippen molar-refractivity contribution in [3.8, 4) is 22.6 Å². The second-order valence-electron chi connectivity index (χ2n) is 11.4. The molecule has 0 heterocycles. The summed E-state index contributed by atoms with van der Waals surface area (Å²) in [4.78, 5) is 52.3. The molecule has 2 aliphatic rings. The molecule has 8 rings (SSSR count). The largest absolute Gasteiger partial charge is 0.507 e. The monoisotopic (exact) mass is 598 g/mol. The Kier molecular flexibility index (Phi) is 5.95. The van der Waals surface area contributed by atoms with E-state index < -0.39 is 0 Å². The van der Waals surface area contributed by atoms with E-state index in [9.17, 15) is 29.4 Å². The molecule has 0 unspecified atom stereocenters. The molecule has 218 valence electrons. The van der Waals surface area contributed by atoms with E-state index in [0.29, 0.717) is 66.1 Å². The van der Waals surface area contributed by atoms with Gasteiger partial charge in [0.2, 0.25) is 0 Å². The van der Waals surface area contributed by atoms with E-state index >= 15 is 0 Å². The highest BCUT2D eigenvalue weighted by atomic mass is 16.3. The molecule has 6 heteroatoms. The predicted octanol–water partition coefficient (Wildman–Crippen LogP) is 8.00. The Bertz CT molecular complexity index is 2290. The Hall–Kier alpha value is -6.40. The van der Waals surface area contributed by atoms with Crippen molar-refractivity contribution in [1.29, 1.82) is 0 Å². The van der Waals surface area contributed by atoms with Gasteiger partial charge >= 0.3 is 0 Å². The van der Waals surface area contributed by atoms with Crippen LogP contribution in [0.2, 0.25) is 0 Å². The molecule has 0 radical (unpaired) electrons. The third kappa shape index (κ3) is 4.04. The zero-order valence-electron chi connectivity index (χ0n) is 24.1. The Morgan fingerprint density at radius 2 is 0.804 bits per heavy atom. The average Bonchev–Trinajstić information content (AvgIpc) is 3.08. The van der Waals surface area contributed by atoms with Gasteiger partial charge in [0, 0.05) is 44.5 Å². The molecule has 0 saturated heterocycles. The molecule has 0 spiro atoms. The predicted molar refractivity (Wildman–Crippen MR) is 176 cm³/mol. The van der Waals surface area contributed by atoms with Gasteiger partial charge in [-0.3, -0.25) is 19.2 Å². The number of benzene rings is 6. The number of carbonyl (C=O) groups excluding carboxylic acids is 4. The van der Waals surface area contributed by atoms with Gasteiger partial charge in [-0.25, -0.2) is 0 Å². The first kappa shape index (κ1) is 27.2. The summed E-state index contributed by atoms with van der Waals surface area (Å²) < 4.78 is 0. The van der Waals surface area contributed by atoms with Crippen LogP contribution < -0.4 is 0 Å². The SMILES string of the molecule is O=C1C=C(c2ccc3c(-c4c(O)ccc5cc(C6=CC(=O)c7ccccc7C6=O)ccc45)c(O)ccc3c2)C(=O)c2ccccc21. The summed E-state index contributed by atoms with van der Waals surface area (Å²) >= 11 is 0. The van der Waals surface area contributed by atoms with Crippen molar-refractivity contribution in [1.82, 2.24) is 0 Å². The maximum absolute atomic E-state index is 13.3. The van der Waals surface area contributed by atoms with Crippen LogP contribution in [-0.4, -0.2) is 33.3 Å². The van der Waals surface area contributed by atoms with Crippen LogP contribution in [0.1, 0.15) is 52.6 Å². The summed E-state index contributed by atoms with van der Waals surface area (Å²) in [6.45, 7) is 0. The Morgan fingerprint density at radius 3 is 1.22 bits per heavy atom. The number of hydrogen-bond acceptors (Lipinski definition) is 6. The first-order valence-corrected chi connectivity index (χ1v) is 14.6. The van der Waals surface area contributed by atoms with Crippen molar-refractivity contribution in [2.45, 2.75) is 0 Å². The lowest BCUT2D eigenvalue weighted by molar-refractivity contribution is 0.100. The summed E-state index contributed by atoms with van der Waals surface area (Å²) in [5.74, 6) is -1.08. The molecule has 6 nitrogen and oxygen atoms in total. The van der Waals surface area contributed by atoms with E-state index in [0.717, 1.165) is 0 Å². The van der Waals surface area contributed by atoms with Crippen LogP contribution in [0.15, 0.2) is 121 Å². The minimum Gasteiger partial charge on any atom is -0.507 e. The number of aromatic hydroxyl groups is 2. The number of hydrogen-bond donors (Lipinski definition) is 2. The van der Waals surface area contributed by atoms with Crippen LogP contribution in [0, 0.1) is 0 Å².